The maximum Gasteiger partial charge on any atom is 0.325 e. The molecule has 11 heteroatoms. The third-order valence-corrected chi connectivity index (χ3v) is 5.22. The fourth-order valence-corrected chi connectivity index (χ4v) is 3.59. The number of amides is 3. The highest BCUT2D eigenvalue weighted by Crippen LogP contribution is 2.20. The van der Waals surface area contributed by atoms with Gasteiger partial charge in [-0.15, -0.1) is 0 Å². The van der Waals surface area contributed by atoms with Crippen molar-refractivity contribution >= 4 is 23.7 Å². The molecule has 2 heterocycles. The lowest BCUT2D eigenvalue weighted by molar-refractivity contribution is -0.142. The van der Waals surface area contributed by atoms with Crippen LogP contribution in [0.25, 0.3) is 0 Å². The fourth-order valence-electron chi connectivity index (χ4n) is 3.59. The number of imidazole rings is 1. The zero-order valence-electron chi connectivity index (χ0n) is 18.1. The molecule has 1 aliphatic rings. The Morgan fingerprint density at radius 3 is 2.58 bits per heavy atom. The summed E-state index contributed by atoms with van der Waals surface area (Å²) in [4.78, 5) is 57.7. The van der Waals surface area contributed by atoms with Crippen molar-refractivity contribution in [3.63, 3.8) is 0 Å². The van der Waals surface area contributed by atoms with Crippen LogP contribution in [-0.2, 0) is 25.6 Å². The summed E-state index contributed by atoms with van der Waals surface area (Å²) in [6, 6.07) is -3.56. The smallest absolute Gasteiger partial charge is 0.325 e. The minimum absolute atomic E-state index is 0.0947. The summed E-state index contributed by atoms with van der Waals surface area (Å²) in [5.74, 6) is -2.32. The van der Waals surface area contributed by atoms with Crippen molar-refractivity contribution in [1.29, 1.82) is 0 Å². The number of hydrogen-bond donors (Lipinski definition) is 5. The molecule has 11 nitrogen and oxygen atoms in total. The number of carbonyl (C=O) groups excluding carboxylic acids is 3. The Bertz CT molecular complexity index is 781. The summed E-state index contributed by atoms with van der Waals surface area (Å²) < 4.78 is 0. The van der Waals surface area contributed by atoms with Gasteiger partial charge in [0.2, 0.25) is 17.7 Å². The molecule has 1 saturated heterocycles. The van der Waals surface area contributed by atoms with E-state index in [0.717, 1.165) is 0 Å². The van der Waals surface area contributed by atoms with Gasteiger partial charge < -0.3 is 31.4 Å². The van der Waals surface area contributed by atoms with E-state index >= 15 is 0 Å². The molecule has 0 radical (unpaired) electrons. The SMILES string of the molecule is CC(C)CC(N)C(=O)N1CCCC1C(=O)NC(Cc1cnc[nH]1)C(=O)NC(C)C(=O)O. The van der Waals surface area contributed by atoms with Gasteiger partial charge in [0.1, 0.15) is 18.1 Å². The number of carboxylic acid groups (broad SMARTS) is 1. The standard InChI is InChI=1S/C20H32N6O5/c1-11(2)7-14(21)19(29)26-6-4-5-16(26)18(28)25-15(8-13-9-22-10-23-13)17(27)24-12(3)20(30)31/h9-12,14-16H,4-8,21H2,1-3H3,(H,22,23)(H,24,27)(H,25,28)(H,30,31). The molecule has 6 N–H and O–H groups in total. The maximum absolute atomic E-state index is 13.0. The zero-order chi connectivity index (χ0) is 23.1. The highest BCUT2D eigenvalue weighted by atomic mass is 16.4. The van der Waals surface area contributed by atoms with Gasteiger partial charge in [-0.1, -0.05) is 13.8 Å². The van der Waals surface area contributed by atoms with Crippen molar-refractivity contribution in [3.8, 4) is 0 Å². The minimum atomic E-state index is -1.19. The average molecular weight is 437 g/mol. The highest BCUT2D eigenvalue weighted by molar-refractivity contribution is 5.94. The first kappa shape index (κ1) is 24.3. The number of aliphatic carboxylic acids is 1. The molecular weight excluding hydrogens is 404 g/mol. The second kappa shape index (κ2) is 10.9. The molecular formula is C20H32N6O5. The van der Waals surface area contributed by atoms with Crippen LogP contribution in [0.5, 0.6) is 0 Å². The molecule has 0 bridgehead atoms. The van der Waals surface area contributed by atoms with E-state index in [2.05, 4.69) is 20.6 Å². The van der Waals surface area contributed by atoms with Crippen LogP contribution in [0.3, 0.4) is 0 Å². The van der Waals surface area contributed by atoms with Crippen LogP contribution in [0.4, 0.5) is 0 Å². The molecule has 4 atom stereocenters. The summed E-state index contributed by atoms with van der Waals surface area (Å²) in [5, 5.41) is 14.1. The number of aromatic nitrogens is 2. The molecule has 0 aromatic carbocycles. The Hall–Kier alpha value is -2.95. The lowest BCUT2D eigenvalue weighted by atomic mass is 10.0. The molecule has 1 aromatic heterocycles. The number of aromatic amines is 1. The monoisotopic (exact) mass is 436 g/mol. The van der Waals surface area contributed by atoms with Gasteiger partial charge in [-0.05, 0) is 32.1 Å². The van der Waals surface area contributed by atoms with Gasteiger partial charge in [-0.25, -0.2) is 4.98 Å². The van der Waals surface area contributed by atoms with Gasteiger partial charge >= 0.3 is 5.97 Å². The molecule has 4 unspecified atom stereocenters. The normalized spacial score (nSPS) is 19.0. The predicted molar refractivity (Wildman–Crippen MR) is 112 cm³/mol. The molecule has 1 aromatic rings. The third kappa shape index (κ3) is 6.78. The third-order valence-electron chi connectivity index (χ3n) is 5.22. The first-order valence-corrected chi connectivity index (χ1v) is 10.5. The van der Waals surface area contributed by atoms with E-state index in [0.29, 0.717) is 31.5 Å². The highest BCUT2D eigenvalue weighted by Gasteiger charge is 2.38. The van der Waals surface area contributed by atoms with Crippen molar-refractivity contribution < 1.29 is 24.3 Å². The maximum atomic E-state index is 13.0. The number of nitrogens with zero attached hydrogens (tertiary/aromatic N) is 2. The number of likely N-dealkylation sites (tertiary alicyclic amines) is 1. The number of nitrogens with one attached hydrogen (secondary N) is 3. The van der Waals surface area contributed by atoms with E-state index < -0.39 is 42.0 Å². The first-order valence-electron chi connectivity index (χ1n) is 10.5. The van der Waals surface area contributed by atoms with E-state index in [1.165, 1.54) is 24.3 Å². The van der Waals surface area contributed by atoms with Crippen molar-refractivity contribution in [2.24, 2.45) is 11.7 Å². The Kier molecular flexibility index (Phi) is 8.55. The van der Waals surface area contributed by atoms with Crippen molar-refractivity contribution in [2.75, 3.05) is 6.54 Å². The van der Waals surface area contributed by atoms with Gasteiger partial charge in [-0.2, -0.15) is 0 Å². The van der Waals surface area contributed by atoms with Gasteiger partial charge in [0.05, 0.1) is 12.4 Å². The van der Waals surface area contributed by atoms with Crippen LogP contribution in [-0.4, -0.2) is 74.4 Å². The average Bonchev–Trinajstić information content (AvgIpc) is 3.37. The zero-order valence-corrected chi connectivity index (χ0v) is 18.1. The molecule has 1 fully saturated rings. The van der Waals surface area contributed by atoms with E-state index in [1.54, 1.807) is 0 Å². The van der Waals surface area contributed by atoms with Crippen LogP contribution >= 0.6 is 0 Å². The summed E-state index contributed by atoms with van der Waals surface area (Å²) in [6.07, 6.45) is 4.70. The molecule has 0 spiro atoms. The van der Waals surface area contributed by atoms with Gasteiger partial charge in [0.25, 0.3) is 0 Å². The quantitative estimate of drug-likeness (QED) is 0.326. The van der Waals surface area contributed by atoms with Crippen LogP contribution in [0.15, 0.2) is 12.5 Å². The fraction of sp³-hybridized carbons (Fsp3) is 0.650. The molecule has 0 aliphatic carbocycles. The minimum Gasteiger partial charge on any atom is -0.480 e. The molecule has 172 valence electrons. The number of H-pyrrole nitrogens is 1. The van der Waals surface area contributed by atoms with Crippen molar-refractivity contribution in [3.05, 3.63) is 18.2 Å². The van der Waals surface area contributed by atoms with Gasteiger partial charge in [0.15, 0.2) is 0 Å². The molecule has 0 saturated carbocycles. The molecule has 3 amide bonds. The number of rotatable bonds is 10. The van der Waals surface area contributed by atoms with E-state index in [-0.39, 0.29) is 18.2 Å². The van der Waals surface area contributed by atoms with Crippen LogP contribution in [0.1, 0.15) is 45.7 Å². The largest absolute Gasteiger partial charge is 0.480 e. The van der Waals surface area contributed by atoms with Crippen molar-refractivity contribution in [2.45, 2.75) is 70.6 Å². The Balaban J connectivity index is 2.11. The summed E-state index contributed by atoms with van der Waals surface area (Å²) in [7, 11) is 0. The van der Waals surface area contributed by atoms with E-state index in [4.69, 9.17) is 10.8 Å². The topological polar surface area (TPSA) is 171 Å². The van der Waals surface area contributed by atoms with Gasteiger partial charge in [-0.3, -0.25) is 19.2 Å². The molecule has 31 heavy (non-hydrogen) atoms. The summed E-state index contributed by atoms with van der Waals surface area (Å²) >= 11 is 0. The van der Waals surface area contributed by atoms with Crippen LogP contribution in [0.2, 0.25) is 0 Å². The van der Waals surface area contributed by atoms with E-state index in [9.17, 15) is 19.2 Å². The molecule has 1 aliphatic heterocycles. The van der Waals surface area contributed by atoms with Crippen LogP contribution < -0.4 is 16.4 Å². The van der Waals surface area contributed by atoms with E-state index in [1.807, 2.05) is 13.8 Å². The summed E-state index contributed by atoms with van der Waals surface area (Å²) in [5.41, 5.74) is 6.63. The lowest BCUT2D eigenvalue weighted by Crippen LogP contribution is -2.57. The Labute approximate surface area is 181 Å². The lowest BCUT2D eigenvalue weighted by Gasteiger charge is -2.29. The molecule has 2 rings (SSSR count). The number of nitrogens with two attached hydrogens (primary N) is 1. The number of carboxylic acids is 1. The second-order valence-electron chi connectivity index (χ2n) is 8.34. The van der Waals surface area contributed by atoms with Crippen LogP contribution in [0, 0.1) is 5.92 Å². The van der Waals surface area contributed by atoms with Gasteiger partial charge in [0, 0.05) is 24.9 Å². The first-order chi connectivity index (χ1) is 14.6. The summed E-state index contributed by atoms with van der Waals surface area (Å²) in [6.45, 7) is 5.70. The Morgan fingerprint density at radius 1 is 1.29 bits per heavy atom. The Morgan fingerprint density at radius 2 is 2.00 bits per heavy atom. The predicted octanol–water partition coefficient (Wildman–Crippen LogP) is -0.609. The number of carbonyl (C=O) groups is 4. The van der Waals surface area contributed by atoms with Crippen molar-refractivity contribution in [1.82, 2.24) is 25.5 Å². The second-order valence-corrected chi connectivity index (χ2v) is 8.34. The number of hydrogen-bond acceptors (Lipinski definition) is 6.